The standard InChI is InChI=1S/C29H32IN7O3S/c1-18(2)41(39,40)26-10-6-5-9-23(26)35-27-19(16-30)17-32-29(37-27)36-24-15-25(34-22-8-4-3-7-21(22)24)28(38)33-20-11-13-31-14-12-20/h3-10,15,17-18,20,31H,11-14,16H2,1-2H3,(H,33,38)(H2,32,34,35,36,37). The average Bonchev–Trinajstić information content (AvgIpc) is 2.98. The van der Waals surface area contributed by atoms with Crippen molar-refractivity contribution in [1.82, 2.24) is 25.6 Å². The highest BCUT2D eigenvalue weighted by molar-refractivity contribution is 14.1. The molecule has 2 aromatic carbocycles. The highest BCUT2D eigenvalue weighted by atomic mass is 127. The normalized spacial score (nSPS) is 14.2. The van der Waals surface area contributed by atoms with Crippen molar-refractivity contribution in [3.05, 3.63) is 72.1 Å². The molecule has 1 saturated heterocycles. The van der Waals surface area contributed by atoms with Crippen molar-refractivity contribution in [2.45, 2.75) is 47.3 Å². The van der Waals surface area contributed by atoms with Crippen molar-refractivity contribution in [3.8, 4) is 0 Å². The van der Waals surface area contributed by atoms with Crippen molar-refractivity contribution in [1.29, 1.82) is 0 Å². The van der Waals surface area contributed by atoms with Crippen LogP contribution in [-0.4, -0.2) is 53.7 Å². The van der Waals surface area contributed by atoms with E-state index < -0.39 is 15.1 Å². The zero-order valence-corrected chi connectivity index (χ0v) is 25.8. The van der Waals surface area contributed by atoms with Gasteiger partial charge in [0.15, 0.2) is 9.84 Å². The van der Waals surface area contributed by atoms with Crippen LogP contribution in [0.25, 0.3) is 10.9 Å². The van der Waals surface area contributed by atoms with Crippen LogP contribution in [0.1, 0.15) is 42.7 Å². The molecule has 0 aliphatic carbocycles. The van der Waals surface area contributed by atoms with E-state index in [1.807, 2.05) is 24.3 Å². The molecular formula is C29H32IN7O3S. The SMILES string of the molecule is CC(C)S(=O)(=O)c1ccccc1Nc1nc(Nc2cc(C(=O)NC3CCNCC3)nc3ccccc23)ncc1CI. The van der Waals surface area contributed by atoms with Gasteiger partial charge in [-0.05, 0) is 64.0 Å². The van der Waals surface area contributed by atoms with E-state index >= 15 is 0 Å². The molecule has 5 rings (SSSR count). The number of hydrogen-bond donors (Lipinski definition) is 4. The Morgan fingerprint density at radius 3 is 2.51 bits per heavy atom. The Labute approximate surface area is 253 Å². The Morgan fingerprint density at radius 2 is 1.76 bits per heavy atom. The molecular weight excluding hydrogens is 653 g/mol. The largest absolute Gasteiger partial charge is 0.348 e. The summed E-state index contributed by atoms with van der Waals surface area (Å²) in [4.78, 5) is 27.2. The molecule has 0 spiro atoms. The summed E-state index contributed by atoms with van der Waals surface area (Å²) in [7, 11) is -3.53. The minimum atomic E-state index is -3.53. The van der Waals surface area contributed by atoms with Gasteiger partial charge in [-0.2, -0.15) is 4.98 Å². The van der Waals surface area contributed by atoms with Gasteiger partial charge in [0.1, 0.15) is 11.5 Å². The number of nitrogens with zero attached hydrogens (tertiary/aromatic N) is 3. The zero-order chi connectivity index (χ0) is 29.0. The number of anilines is 4. The average molecular weight is 686 g/mol. The number of carbonyl (C=O) groups is 1. The van der Waals surface area contributed by atoms with Gasteiger partial charge in [0.2, 0.25) is 5.95 Å². The Bertz CT molecular complexity index is 1670. The fourth-order valence-electron chi connectivity index (χ4n) is 4.61. The highest BCUT2D eigenvalue weighted by Gasteiger charge is 2.23. The first kappa shape index (κ1) is 29.1. The molecule has 0 unspecified atom stereocenters. The lowest BCUT2D eigenvalue weighted by Crippen LogP contribution is -2.42. The van der Waals surface area contributed by atoms with Crippen LogP contribution in [0.2, 0.25) is 0 Å². The Kier molecular flexibility index (Phi) is 9.00. The van der Waals surface area contributed by atoms with Crippen molar-refractivity contribution in [3.63, 3.8) is 0 Å². The first-order valence-electron chi connectivity index (χ1n) is 13.5. The lowest BCUT2D eigenvalue weighted by molar-refractivity contribution is 0.0925. The van der Waals surface area contributed by atoms with Crippen LogP contribution in [0.5, 0.6) is 0 Å². The number of hydrogen-bond acceptors (Lipinski definition) is 9. The van der Waals surface area contributed by atoms with Crippen LogP contribution in [0.3, 0.4) is 0 Å². The molecule has 2 aromatic heterocycles. The lowest BCUT2D eigenvalue weighted by Gasteiger charge is -2.23. The van der Waals surface area contributed by atoms with E-state index in [0.29, 0.717) is 38.8 Å². The topological polar surface area (TPSA) is 138 Å². The quantitative estimate of drug-likeness (QED) is 0.140. The molecule has 3 heterocycles. The smallest absolute Gasteiger partial charge is 0.270 e. The molecule has 4 aromatic rings. The van der Waals surface area contributed by atoms with Crippen molar-refractivity contribution in [2.24, 2.45) is 0 Å². The lowest BCUT2D eigenvalue weighted by atomic mass is 10.1. The molecule has 0 saturated carbocycles. The van der Waals surface area contributed by atoms with E-state index in [1.165, 1.54) is 0 Å². The van der Waals surface area contributed by atoms with Gasteiger partial charge in [-0.25, -0.2) is 18.4 Å². The van der Waals surface area contributed by atoms with Gasteiger partial charge in [0.25, 0.3) is 5.91 Å². The third-order valence-electron chi connectivity index (χ3n) is 6.95. The molecule has 214 valence electrons. The first-order valence-corrected chi connectivity index (χ1v) is 16.5. The highest BCUT2D eigenvalue weighted by Crippen LogP contribution is 2.31. The number of piperidine rings is 1. The summed E-state index contributed by atoms with van der Waals surface area (Å²) in [6.07, 6.45) is 3.45. The number of nitrogens with one attached hydrogen (secondary N) is 4. The second-order valence-electron chi connectivity index (χ2n) is 10.1. The van der Waals surface area contributed by atoms with Crippen LogP contribution in [0.4, 0.5) is 23.1 Å². The van der Waals surface area contributed by atoms with E-state index in [-0.39, 0.29) is 16.8 Å². The van der Waals surface area contributed by atoms with E-state index in [9.17, 15) is 13.2 Å². The minimum absolute atomic E-state index is 0.105. The molecule has 41 heavy (non-hydrogen) atoms. The minimum Gasteiger partial charge on any atom is -0.348 e. The van der Waals surface area contributed by atoms with Crippen molar-refractivity contribution in [2.75, 3.05) is 23.7 Å². The van der Waals surface area contributed by atoms with Crippen LogP contribution < -0.4 is 21.3 Å². The number of halogens is 1. The molecule has 4 N–H and O–H groups in total. The van der Waals surface area contributed by atoms with Gasteiger partial charge in [-0.15, -0.1) is 0 Å². The molecule has 1 aliphatic heterocycles. The number of rotatable bonds is 9. The summed E-state index contributed by atoms with van der Waals surface area (Å²) in [5, 5.41) is 13.2. The van der Waals surface area contributed by atoms with Gasteiger partial charge in [-0.3, -0.25) is 4.79 Å². The Hall–Kier alpha value is -3.36. The maximum absolute atomic E-state index is 13.1. The summed E-state index contributed by atoms with van der Waals surface area (Å²) >= 11 is 2.22. The number of benzene rings is 2. The van der Waals surface area contributed by atoms with Crippen molar-refractivity contribution >= 4 is 72.4 Å². The molecule has 1 amide bonds. The Morgan fingerprint density at radius 1 is 1.02 bits per heavy atom. The molecule has 12 heteroatoms. The van der Waals surface area contributed by atoms with E-state index in [4.69, 9.17) is 4.98 Å². The summed E-state index contributed by atoms with van der Waals surface area (Å²) in [5.41, 5.74) is 2.88. The van der Waals surface area contributed by atoms with Gasteiger partial charge >= 0.3 is 0 Å². The zero-order valence-electron chi connectivity index (χ0n) is 22.8. The predicted octanol–water partition coefficient (Wildman–Crippen LogP) is 5.11. The van der Waals surface area contributed by atoms with E-state index in [0.717, 1.165) is 36.9 Å². The van der Waals surface area contributed by atoms with Crippen molar-refractivity contribution < 1.29 is 13.2 Å². The third kappa shape index (κ3) is 6.60. The summed E-state index contributed by atoms with van der Waals surface area (Å²) < 4.78 is 26.6. The number of pyridine rings is 1. The van der Waals surface area contributed by atoms with Crippen LogP contribution in [0, 0.1) is 0 Å². The monoisotopic (exact) mass is 685 g/mol. The third-order valence-corrected chi connectivity index (χ3v) is 9.98. The molecule has 0 atom stereocenters. The summed E-state index contributed by atoms with van der Waals surface area (Å²) in [5.74, 6) is 0.564. The van der Waals surface area contributed by atoms with Crippen LogP contribution in [0.15, 0.2) is 65.7 Å². The number of amides is 1. The molecule has 1 aliphatic rings. The maximum atomic E-state index is 13.1. The van der Waals surface area contributed by atoms with E-state index in [2.05, 4.69) is 53.8 Å². The predicted molar refractivity (Wildman–Crippen MR) is 170 cm³/mol. The second kappa shape index (κ2) is 12.7. The fourth-order valence-corrected chi connectivity index (χ4v) is 6.37. The first-order chi connectivity index (χ1) is 19.8. The molecule has 1 fully saturated rings. The molecule has 0 bridgehead atoms. The second-order valence-corrected chi connectivity index (χ2v) is 13.3. The van der Waals surface area contributed by atoms with Gasteiger partial charge in [-0.1, -0.05) is 52.9 Å². The summed E-state index contributed by atoms with van der Waals surface area (Å²) in [6.45, 7) is 5.07. The molecule has 10 nitrogen and oxygen atoms in total. The number of para-hydroxylation sites is 2. The number of aromatic nitrogens is 3. The number of fused-ring (bicyclic) bond motifs is 1. The van der Waals surface area contributed by atoms with Crippen LogP contribution >= 0.6 is 22.6 Å². The van der Waals surface area contributed by atoms with Crippen LogP contribution in [-0.2, 0) is 14.3 Å². The fraction of sp³-hybridized carbons (Fsp3) is 0.310. The van der Waals surface area contributed by atoms with E-state index in [1.54, 1.807) is 50.4 Å². The number of sulfone groups is 1. The Balaban J connectivity index is 1.48. The number of alkyl halides is 1. The summed E-state index contributed by atoms with van der Waals surface area (Å²) in [6, 6.07) is 16.2. The number of carbonyl (C=O) groups excluding carboxylic acids is 1. The molecule has 0 radical (unpaired) electrons. The maximum Gasteiger partial charge on any atom is 0.270 e. The van der Waals surface area contributed by atoms with Gasteiger partial charge in [0.05, 0.1) is 27.0 Å². The van der Waals surface area contributed by atoms with Gasteiger partial charge in [0, 0.05) is 27.6 Å². The van der Waals surface area contributed by atoms with Gasteiger partial charge < -0.3 is 21.3 Å².